The van der Waals surface area contributed by atoms with Gasteiger partial charge in [0.2, 0.25) is 5.91 Å². The minimum Gasteiger partial charge on any atom is -0.358 e. The molecule has 1 N–H and O–H groups in total. The fraction of sp³-hybridized carbons (Fsp3) is 0.200. The van der Waals surface area contributed by atoms with Gasteiger partial charge in [-0.2, -0.15) is 0 Å². The molecule has 1 heterocycles. The predicted octanol–water partition coefficient (Wildman–Crippen LogP) is 1.01. The Balaban J connectivity index is 2.77. The highest BCUT2D eigenvalue weighted by Crippen LogP contribution is 2.20. The first-order valence-electron chi connectivity index (χ1n) is 2.97. The fourth-order valence-corrected chi connectivity index (χ4v) is 1.26. The van der Waals surface area contributed by atoms with E-state index in [2.05, 4.69) is 10.3 Å². The number of thiazole rings is 1. The largest absolute Gasteiger partial charge is 0.376 e. The van der Waals surface area contributed by atoms with Gasteiger partial charge in [-0.25, -0.2) is 0 Å². The van der Waals surface area contributed by atoms with Crippen molar-refractivity contribution < 1.29 is 9.72 Å². The second kappa shape index (κ2) is 3.26. The molecule has 0 aliphatic rings. The van der Waals surface area contributed by atoms with Crippen LogP contribution in [0.1, 0.15) is 6.92 Å². The summed E-state index contributed by atoms with van der Waals surface area (Å²) in [6.07, 6.45) is 0. The van der Waals surface area contributed by atoms with E-state index in [1.807, 2.05) is 0 Å². The topological polar surface area (TPSA) is 85.1 Å². The minimum absolute atomic E-state index is 0.245. The van der Waals surface area contributed by atoms with Crippen molar-refractivity contribution in [1.82, 2.24) is 4.98 Å². The first kappa shape index (κ1) is 8.60. The van der Waals surface area contributed by atoms with Gasteiger partial charge in [-0.1, -0.05) is 11.3 Å². The first-order valence-corrected chi connectivity index (χ1v) is 3.85. The number of rotatable bonds is 2. The van der Waals surface area contributed by atoms with Gasteiger partial charge in [0, 0.05) is 6.92 Å². The molecular weight excluding hydrogens is 182 g/mol. The number of aromatic nitrogens is 1. The van der Waals surface area contributed by atoms with Crippen molar-refractivity contribution in [2.24, 2.45) is 0 Å². The predicted molar refractivity (Wildman–Crippen MR) is 43.1 cm³/mol. The van der Waals surface area contributed by atoms with Crippen LogP contribution in [0.3, 0.4) is 0 Å². The normalized spacial score (nSPS) is 9.42. The van der Waals surface area contributed by atoms with Crippen LogP contribution in [0.15, 0.2) is 5.38 Å². The van der Waals surface area contributed by atoms with Crippen LogP contribution >= 0.6 is 11.3 Å². The van der Waals surface area contributed by atoms with Crippen molar-refractivity contribution in [3.05, 3.63) is 15.5 Å². The van der Waals surface area contributed by atoms with Crippen molar-refractivity contribution >= 4 is 28.2 Å². The maximum Gasteiger partial charge on any atom is 0.376 e. The summed E-state index contributed by atoms with van der Waals surface area (Å²) in [6, 6.07) is 0. The van der Waals surface area contributed by atoms with Crippen LogP contribution in [-0.2, 0) is 4.79 Å². The third-order valence-electron chi connectivity index (χ3n) is 0.962. The quantitative estimate of drug-likeness (QED) is 0.553. The molecule has 6 nitrogen and oxygen atoms in total. The number of nitrogens with one attached hydrogen (secondary N) is 1. The molecule has 0 bridgehead atoms. The summed E-state index contributed by atoms with van der Waals surface area (Å²) in [6.45, 7) is 1.31. The van der Waals surface area contributed by atoms with Gasteiger partial charge in [-0.3, -0.25) is 10.1 Å². The van der Waals surface area contributed by atoms with Crippen LogP contribution in [0.2, 0.25) is 0 Å². The molecule has 0 atom stereocenters. The van der Waals surface area contributed by atoms with Crippen molar-refractivity contribution in [3.8, 4) is 0 Å². The van der Waals surface area contributed by atoms with Gasteiger partial charge in [0.15, 0.2) is 0 Å². The highest BCUT2D eigenvalue weighted by molar-refractivity contribution is 7.14. The van der Waals surface area contributed by atoms with E-state index in [1.165, 1.54) is 12.3 Å². The lowest BCUT2D eigenvalue weighted by Gasteiger charge is -1.87. The number of nitro groups is 1. The molecule has 7 heteroatoms. The number of hydrogen-bond acceptors (Lipinski definition) is 5. The van der Waals surface area contributed by atoms with E-state index in [-0.39, 0.29) is 16.9 Å². The van der Waals surface area contributed by atoms with E-state index in [9.17, 15) is 14.9 Å². The van der Waals surface area contributed by atoms with Crippen LogP contribution in [-0.4, -0.2) is 15.8 Å². The van der Waals surface area contributed by atoms with E-state index in [0.717, 1.165) is 11.3 Å². The Morgan fingerprint density at radius 1 is 1.83 bits per heavy atom. The molecule has 0 aliphatic carbocycles. The Morgan fingerprint density at radius 3 is 2.92 bits per heavy atom. The smallest absolute Gasteiger partial charge is 0.358 e. The first-order chi connectivity index (χ1) is 5.59. The van der Waals surface area contributed by atoms with Crippen molar-refractivity contribution in [3.63, 3.8) is 0 Å². The summed E-state index contributed by atoms with van der Waals surface area (Å²) in [5, 5.41) is 14.0. The number of anilines is 1. The summed E-state index contributed by atoms with van der Waals surface area (Å²) in [7, 11) is 0. The van der Waals surface area contributed by atoms with Crippen molar-refractivity contribution in [2.75, 3.05) is 5.32 Å². The van der Waals surface area contributed by atoms with Crippen LogP contribution in [0.25, 0.3) is 0 Å². The third-order valence-corrected chi connectivity index (χ3v) is 1.71. The second-order valence-corrected chi connectivity index (χ2v) is 2.81. The molecule has 0 unspecified atom stereocenters. The highest BCUT2D eigenvalue weighted by Gasteiger charge is 2.13. The average molecular weight is 187 g/mol. The SMILES string of the molecule is CC(=O)Nc1nc([N+](=O)[O-])cs1. The van der Waals surface area contributed by atoms with E-state index in [1.54, 1.807) is 0 Å². The average Bonchev–Trinajstić information content (AvgIpc) is 2.34. The maximum atomic E-state index is 10.5. The summed E-state index contributed by atoms with van der Waals surface area (Å²) in [5.74, 6) is -0.539. The fourth-order valence-electron chi connectivity index (χ4n) is 0.557. The second-order valence-electron chi connectivity index (χ2n) is 1.95. The monoisotopic (exact) mass is 187 g/mol. The lowest BCUT2D eigenvalue weighted by Crippen LogP contribution is -2.05. The molecule has 12 heavy (non-hydrogen) atoms. The third kappa shape index (κ3) is 1.99. The Morgan fingerprint density at radius 2 is 2.50 bits per heavy atom. The molecule has 0 spiro atoms. The molecule has 0 aliphatic heterocycles. The molecular formula is C5H5N3O3S. The van der Waals surface area contributed by atoms with Gasteiger partial charge in [0.1, 0.15) is 0 Å². The van der Waals surface area contributed by atoms with Crippen molar-refractivity contribution in [2.45, 2.75) is 6.92 Å². The zero-order valence-corrected chi connectivity index (χ0v) is 6.92. The molecule has 0 saturated heterocycles. The standard InChI is InChI=1S/C5H5N3O3S/c1-3(9)6-5-7-4(2-12-5)8(10)11/h2H,1H3,(H,6,7,9). The van der Waals surface area contributed by atoms with Crippen LogP contribution in [0.4, 0.5) is 10.9 Å². The Kier molecular flexibility index (Phi) is 2.34. The van der Waals surface area contributed by atoms with Gasteiger partial charge in [0.05, 0.1) is 5.38 Å². The molecule has 0 radical (unpaired) electrons. The molecule has 1 amide bonds. The van der Waals surface area contributed by atoms with Gasteiger partial charge >= 0.3 is 10.9 Å². The lowest BCUT2D eigenvalue weighted by molar-refractivity contribution is -0.389. The summed E-state index contributed by atoms with van der Waals surface area (Å²) in [5.41, 5.74) is 0. The molecule has 1 aromatic rings. The van der Waals surface area contributed by atoms with Gasteiger partial charge in [-0.05, 0) is 9.91 Å². The van der Waals surface area contributed by atoms with Crippen molar-refractivity contribution in [1.29, 1.82) is 0 Å². The van der Waals surface area contributed by atoms with E-state index < -0.39 is 4.92 Å². The van der Waals surface area contributed by atoms with E-state index in [0.29, 0.717) is 0 Å². The van der Waals surface area contributed by atoms with E-state index >= 15 is 0 Å². The van der Waals surface area contributed by atoms with Gasteiger partial charge in [-0.15, -0.1) is 0 Å². The van der Waals surface area contributed by atoms with E-state index in [4.69, 9.17) is 0 Å². The number of carbonyl (C=O) groups is 1. The number of hydrogen-bond donors (Lipinski definition) is 1. The molecule has 0 saturated carbocycles. The summed E-state index contributed by atoms with van der Waals surface area (Å²) < 4.78 is 0. The van der Waals surface area contributed by atoms with Crippen LogP contribution in [0, 0.1) is 10.1 Å². The number of nitrogens with zero attached hydrogens (tertiary/aromatic N) is 2. The van der Waals surface area contributed by atoms with Gasteiger partial charge in [0.25, 0.3) is 0 Å². The van der Waals surface area contributed by atoms with Gasteiger partial charge < -0.3 is 10.1 Å². The number of amides is 1. The maximum absolute atomic E-state index is 10.5. The lowest BCUT2D eigenvalue weighted by atomic mass is 10.7. The summed E-state index contributed by atoms with van der Waals surface area (Å²) >= 11 is 1.02. The molecule has 0 fully saturated rings. The van der Waals surface area contributed by atoms with Crippen LogP contribution in [0.5, 0.6) is 0 Å². The highest BCUT2D eigenvalue weighted by atomic mass is 32.1. The Bertz CT molecular complexity index is 321. The molecule has 1 rings (SSSR count). The Labute approximate surface area is 71.4 Å². The zero-order chi connectivity index (χ0) is 9.14. The minimum atomic E-state index is -0.609. The van der Waals surface area contributed by atoms with Crippen LogP contribution < -0.4 is 5.32 Å². The molecule has 0 aromatic carbocycles. The summed E-state index contributed by atoms with van der Waals surface area (Å²) in [4.78, 5) is 23.5. The molecule has 64 valence electrons. The Hall–Kier alpha value is -1.50. The molecule has 1 aromatic heterocycles. The zero-order valence-electron chi connectivity index (χ0n) is 6.10. The number of carbonyl (C=O) groups excluding carboxylic acids is 1.